The molecule has 1 saturated heterocycles. The molecule has 0 radical (unpaired) electrons. The largest absolute Gasteiger partial charge is 0.460 e. The van der Waals surface area contributed by atoms with Crippen LogP contribution in [0.15, 0.2) is 30.3 Å². The molecule has 1 atom stereocenters. The number of carbonyl (C=O) groups excluding carboxylic acids is 5. The van der Waals surface area contributed by atoms with Gasteiger partial charge in [0.25, 0.3) is 0 Å². The summed E-state index contributed by atoms with van der Waals surface area (Å²) in [4.78, 5) is 61.9. The van der Waals surface area contributed by atoms with Crippen LogP contribution in [-0.4, -0.2) is 53.6 Å². The third kappa shape index (κ3) is 9.03. The first-order valence-electron chi connectivity index (χ1n) is 11.5. The highest BCUT2D eigenvalue weighted by atomic mass is 16.5. The Balaban J connectivity index is 1.69. The summed E-state index contributed by atoms with van der Waals surface area (Å²) in [6, 6.07) is 8.24. The molecular weight excluding hydrogens is 426 g/mol. The zero-order valence-electron chi connectivity index (χ0n) is 19.1. The van der Waals surface area contributed by atoms with Crippen molar-refractivity contribution < 1.29 is 28.7 Å². The lowest BCUT2D eigenvalue weighted by atomic mass is 10.1. The third-order valence-corrected chi connectivity index (χ3v) is 5.37. The molecule has 1 aromatic rings. The molecule has 0 bridgehead atoms. The van der Waals surface area contributed by atoms with Crippen molar-refractivity contribution in [2.75, 3.05) is 13.1 Å². The van der Waals surface area contributed by atoms with Crippen LogP contribution in [0.5, 0.6) is 0 Å². The summed E-state index contributed by atoms with van der Waals surface area (Å²) >= 11 is 0. The van der Waals surface area contributed by atoms with Gasteiger partial charge in [-0.1, -0.05) is 62.9 Å². The van der Waals surface area contributed by atoms with E-state index >= 15 is 0 Å². The number of rotatable bonds is 13. The average molecular weight is 460 g/mol. The molecule has 33 heavy (non-hydrogen) atoms. The normalized spacial score (nSPS) is 15.2. The van der Waals surface area contributed by atoms with Crippen molar-refractivity contribution in [3.8, 4) is 0 Å². The van der Waals surface area contributed by atoms with Crippen LogP contribution in [0.25, 0.3) is 0 Å². The molecule has 180 valence electrons. The van der Waals surface area contributed by atoms with E-state index in [0.29, 0.717) is 6.42 Å². The first kappa shape index (κ1) is 26.0. The minimum Gasteiger partial charge on any atom is -0.460 e. The smallest absolute Gasteiger partial charge is 0.325 e. The number of ether oxygens (including phenoxy) is 1. The fraction of sp³-hybridized carbons (Fsp3) is 0.542. The van der Waals surface area contributed by atoms with E-state index in [9.17, 15) is 24.0 Å². The van der Waals surface area contributed by atoms with Crippen LogP contribution in [0.1, 0.15) is 63.9 Å². The molecule has 1 heterocycles. The van der Waals surface area contributed by atoms with E-state index in [0.717, 1.165) is 36.1 Å². The Bertz CT molecular complexity index is 827. The van der Waals surface area contributed by atoms with Gasteiger partial charge < -0.3 is 15.4 Å². The van der Waals surface area contributed by atoms with Crippen LogP contribution in [-0.2, 0) is 35.3 Å². The van der Waals surface area contributed by atoms with Crippen molar-refractivity contribution in [2.24, 2.45) is 0 Å². The first-order valence-corrected chi connectivity index (χ1v) is 11.5. The maximum absolute atomic E-state index is 12.5. The predicted molar refractivity (Wildman–Crippen MR) is 121 cm³/mol. The van der Waals surface area contributed by atoms with Crippen molar-refractivity contribution in [1.82, 2.24) is 15.5 Å². The van der Waals surface area contributed by atoms with Crippen LogP contribution in [0, 0.1) is 0 Å². The van der Waals surface area contributed by atoms with Gasteiger partial charge in [0.15, 0.2) is 0 Å². The van der Waals surface area contributed by atoms with Crippen molar-refractivity contribution >= 4 is 29.6 Å². The Labute approximate surface area is 194 Å². The van der Waals surface area contributed by atoms with Gasteiger partial charge in [-0.3, -0.25) is 28.9 Å². The molecule has 0 aromatic heterocycles. The Morgan fingerprint density at radius 2 is 1.73 bits per heavy atom. The molecule has 9 heteroatoms. The van der Waals surface area contributed by atoms with Crippen LogP contribution in [0.4, 0.5) is 0 Å². The quantitative estimate of drug-likeness (QED) is 0.343. The van der Waals surface area contributed by atoms with E-state index in [4.69, 9.17) is 4.74 Å². The molecule has 0 saturated carbocycles. The van der Waals surface area contributed by atoms with Gasteiger partial charge in [0.1, 0.15) is 19.2 Å². The standard InChI is InChI=1S/C24H33N3O6/c1-2-3-4-5-9-12-21(29)27-19(13-14-22(27)30)24(32)26-15-20(28)25-16-23(31)33-17-18-10-7-6-8-11-18/h6-8,10-11,19H,2-5,9,12-17H2,1H3,(H,25,28)(H,26,32). The lowest BCUT2D eigenvalue weighted by Gasteiger charge is -2.22. The molecule has 1 aliphatic rings. The Hall–Kier alpha value is -3.23. The Morgan fingerprint density at radius 3 is 2.45 bits per heavy atom. The molecule has 1 unspecified atom stereocenters. The van der Waals surface area contributed by atoms with Gasteiger partial charge in [-0.25, -0.2) is 0 Å². The zero-order valence-corrected chi connectivity index (χ0v) is 19.1. The van der Waals surface area contributed by atoms with Crippen LogP contribution >= 0.6 is 0 Å². The molecule has 1 fully saturated rings. The maximum Gasteiger partial charge on any atom is 0.325 e. The van der Waals surface area contributed by atoms with Crippen molar-refractivity contribution in [1.29, 1.82) is 0 Å². The summed E-state index contributed by atoms with van der Waals surface area (Å²) in [5, 5.41) is 4.82. The van der Waals surface area contributed by atoms with Crippen LogP contribution in [0.2, 0.25) is 0 Å². The van der Waals surface area contributed by atoms with Gasteiger partial charge in [0.05, 0.1) is 6.54 Å². The van der Waals surface area contributed by atoms with Gasteiger partial charge in [-0.2, -0.15) is 0 Å². The molecule has 2 N–H and O–H groups in total. The van der Waals surface area contributed by atoms with E-state index in [1.165, 1.54) is 0 Å². The summed E-state index contributed by atoms with van der Waals surface area (Å²) in [6.45, 7) is 1.51. The van der Waals surface area contributed by atoms with E-state index in [2.05, 4.69) is 17.6 Å². The highest BCUT2D eigenvalue weighted by Gasteiger charge is 2.39. The zero-order chi connectivity index (χ0) is 24.1. The Morgan fingerprint density at radius 1 is 1.00 bits per heavy atom. The number of benzene rings is 1. The predicted octanol–water partition coefficient (Wildman–Crippen LogP) is 1.84. The highest BCUT2D eigenvalue weighted by molar-refractivity contribution is 6.03. The number of nitrogens with one attached hydrogen (secondary N) is 2. The molecule has 9 nitrogen and oxygen atoms in total. The summed E-state index contributed by atoms with van der Waals surface area (Å²) in [5.74, 6) is -2.44. The second kappa shape index (κ2) is 14.0. The van der Waals surface area contributed by atoms with E-state index in [-0.39, 0.29) is 50.8 Å². The summed E-state index contributed by atoms with van der Waals surface area (Å²) in [5.41, 5.74) is 0.829. The first-order chi connectivity index (χ1) is 15.9. The number of carbonyl (C=O) groups is 5. The number of unbranched alkanes of at least 4 members (excludes halogenated alkanes) is 4. The second-order valence-corrected chi connectivity index (χ2v) is 8.02. The second-order valence-electron chi connectivity index (χ2n) is 8.02. The van der Waals surface area contributed by atoms with Crippen LogP contribution in [0.3, 0.4) is 0 Å². The monoisotopic (exact) mass is 459 g/mol. The SMILES string of the molecule is CCCCCCCC(=O)N1C(=O)CCC1C(=O)NCC(=O)NCC(=O)OCc1ccccc1. The summed E-state index contributed by atoms with van der Waals surface area (Å²) in [7, 11) is 0. The van der Waals surface area contributed by atoms with Crippen molar-refractivity contribution in [2.45, 2.75) is 70.9 Å². The van der Waals surface area contributed by atoms with Gasteiger partial charge in [-0.05, 0) is 18.4 Å². The average Bonchev–Trinajstić information content (AvgIpc) is 3.21. The van der Waals surface area contributed by atoms with Crippen LogP contribution < -0.4 is 10.6 Å². The minimum absolute atomic E-state index is 0.102. The van der Waals surface area contributed by atoms with Gasteiger partial charge in [-0.15, -0.1) is 0 Å². The summed E-state index contributed by atoms with van der Waals surface area (Å²) in [6.07, 6.45) is 5.42. The fourth-order valence-electron chi connectivity index (χ4n) is 3.55. The van der Waals surface area contributed by atoms with Gasteiger partial charge in [0.2, 0.25) is 23.6 Å². The lowest BCUT2D eigenvalue weighted by Crippen LogP contribution is -2.49. The number of imide groups is 1. The Kier molecular flexibility index (Phi) is 11.1. The molecule has 1 aliphatic heterocycles. The number of hydrogen-bond donors (Lipinski definition) is 2. The molecule has 1 aromatic carbocycles. The van der Waals surface area contributed by atoms with Crippen molar-refractivity contribution in [3.63, 3.8) is 0 Å². The number of esters is 1. The van der Waals surface area contributed by atoms with E-state index < -0.39 is 23.8 Å². The highest BCUT2D eigenvalue weighted by Crippen LogP contribution is 2.21. The number of hydrogen-bond acceptors (Lipinski definition) is 6. The summed E-state index contributed by atoms with van der Waals surface area (Å²) < 4.78 is 5.07. The van der Waals surface area contributed by atoms with Gasteiger partial charge >= 0.3 is 5.97 Å². The number of amides is 4. The molecule has 4 amide bonds. The molecule has 0 spiro atoms. The number of nitrogens with zero attached hydrogens (tertiary/aromatic N) is 1. The van der Waals surface area contributed by atoms with E-state index in [1.807, 2.05) is 30.3 Å². The minimum atomic E-state index is -0.899. The topological polar surface area (TPSA) is 122 Å². The third-order valence-electron chi connectivity index (χ3n) is 5.37. The maximum atomic E-state index is 12.5. The fourth-order valence-corrected chi connectivity index (χ4v) is 3.55. The number of likely N-dealkylation sites (tertiary alicyclic amines) is 1. The van der Waals surface area contributed by atoms with Gasteiger partial charge in [0, 0.05) is 12.8 Å². The van der Waals surface area contributed by atoms with E-state index in [1.54, 1.807) is 0 Å². The molecule has 2 rings (SSSR count). The molecular formula is C24H33N3O6. The van der Waals surface area contributed by atoms with Crippen molar-refractivity contribution in [3.05, 3.63) is 35.9 Å². The lowest BCUT2D eigenvalue weighted by molar-refractivity contribution is -0.148. The molecule has 0 aliphatic carbocycles.